The number of urea groups is 1. The van der Waals surface area contributed by atoms with E-state index in [9.17, 15) is 4.79 Å². The highest BCUT2D eigenvalue weighted by Gasteiger charge is 2.22. The highest BCUT2D eigenvalue weighted by atomic mass is 16.2. The van der Waals surface area contributed by atoms with Crippen molar-refractivity contribution >= 4 is 17.5 Å². The van der Waals surface area contributed by atoms with E-state index in [1.807, 2.05) is 67.4 Å². The van der Waals surface area contributed by atoms with Gasteiger partial charge < -0.3 is 15.1 Å². The fourth-order valence-electron chi connectivity index (χ4n) is 3.22. The van der Waals surface area contributed by atoms with Crippen molar-refractivity contribution < 1.29 is 4.79 Å². The van der Waals surface area contributed by atoms with Crippen molar-refractivity contribution in [3.05, 3.63) is 59.9 Å². The summed E-state index contributed by atoms with van der Waals surface area (Å²) in [5, 5.41) is 15.9. The van der Waals surface area contributed by atoms with E-state index < -0.39 is 0 Å². The zero-order valence-electron chi connectivity index (χ0n) is 16.0. The van der Waals surface area contributed by atoms with Crippen LogP contribution in [0.5, 0.6) is 0 Å². The molecule has 1 aliphatic rings. The van der Waals surface area contributed by atoms with Gasteiger partial charge in [-0.25, -0.2) is 9.48 Å². The molecule has 0 bridgehead atoms. The summed E-state index contributed by atoms with van der Waals surface area (Å²) >= 11 is 0. The Morgan fingerprint density at radius 1 is 0.964 bits per heavy atom. The van der Waals surface area contributed by atoms with Gasteiger partial charge in [0.15, 0.2) is 11.6 Å². The average molecular weight is 377 g/mol. The van der Waals surface area contributed by atoms with Gasteiger partial charge in [0.25, 0.3) is 0 Å². The number of nitrogens with zero attached hydrogens (tertiary/aromatic N) is 6. The smallest absolute Gasteiger partial charge is 0.321 e. The molecular weight excluding hydrogens is 354 g/mol. The van der Waals surface area contributed by atoms with E-state index in [4.69, 9.17) is 0 Å². The van der Waals surface area contributed by atoms with E-state index in [1.165, 1.54) is 0 Å². The number of aryl methyl sites for hydroxylation is 2. The average Bonchev–Trinajstić information content (AvgIpc) is 3.15. The van der Waals surface area contributed by atoms with Crippen molar-refractivity contribution in [1.82, 2.24) is 24.9 Å². The third-order valence-electron chi connectivity index (χ3n) is 4.75. The van der Waals surface area contributed by atoms with Gasteiger partial charge in [-0.3, -0.25) is 0 Å². The van der Waals surface area contributed by atoms with Gasteiger partial charge in [-0.05, 0) is 49.7 Å². The maximum Gasteiger partial charge on any atom is 0.321 e. The first-order chi connectivity index (χ1) is 13.6. The Labute approximate surface area is 163 Å². The maximum atomic E-state index is 12.5. The van der Waals surface area contributed by atoms with E-state index in [0.29, 0.717) is 18.9 Å². The van der Waals surface area contributed by atoms with Crippen molar-refractivity contribution in [2.75, 3.05) is 36.4 Å². The van der Waals surface area contributed by atoms with Gasteiger partial charge >= 0.3 is 6.03 Å². The van der Waals surface area contributed by atoms with Gasteiger partial charge in [0.1, 0.15) is 0 Å². The lowest BCUT2D eigenvalue weighted by atomic mass is 10.2. The first kappa shape index (κ1) is 18.0. The Bertz CT molecular complexity index is 959. The Morgan fingerprint density at radius 3 is 2.36 bits per heavy atom. The Balaban J connectivity index is 1.34. The molecular formula is C20H23N7O. The summed E-state index contributed by atoms with van der Waals surface area (Å²) in [5.74, 6) is 1.50. The predicted octanol–water partition coefficient (Wildman–Crippen LogP) is 2.63. The Morgan fingerprint density at radius 2 is 1.71 bits per heavy atom. The predicted molar refractivity (Wildman–Crippen MR) is 108 cm³/mol. The monoisotopic (exact) mass is 377 g/mol. The fourth-order valence-corrected chi connectivity index (χ4v) is 3.22. The molecule has 8 nitrogen and oxygen atoms in total. The normalized spacial score (nSPS) is 14.2. The molecule has 0 unspecified atom stereocenters. The summed E-state index contributed by atoms with van der Waals surface area (Å²) in [7, 11) is 0. The molecule has 0 atom stereocenters. The van der Waals surface area contributed by atoms with Crippen molar-refractivity contribution in [2.45, 2.75) is 13.8 Å². The van der Waals surface area contributed by atoms with Gasteiger partial charge in [-0.15, -0.1) is 10.2 Å². The molecule has 1 aliphatic heterocycles. The molecule has 1 saturated heterocycles. The molecule has 3 aromatic rings. The minimum absolute atomic E-state index is 0.0688. The number of hydrogen-bond donors (Lipinski definition) is 1. The van der Waals surface area contributed by atoms with E-state index in [0.717, 1.165) is 35.9 Å². The highest BCUT2D eigenvalue weighted by Crippen LogP contribution is 2.16. The maximum absolute atomic E-state index is 12.5. The van der Waals surface area contributed by atoms with Crippen LogP contribution >= 0.6 is 0 Å². The molecule has 8 heteroatoms. The molecule has 144 valence electrons. The van der Waals surface area contributed by atoms with Crippen LogP contribution in [0.3, 0.4) is 0 Å². The molecule has 0 radical (unpaired) electrons. The minimum atomic E-state index is -0.0688. The lowest BCUT2D eigenvalue weighted by molar-refractivity contribution is 0.208. The number of aromatic nitrogens is 4. The zero-order valence-corrected chi connectivity index (χ0v) is 16.0. The highest BCUT2D eigenvalue weighted by molar-refractivity contribution is 5.89. The molecule has 4 rings (SSSR count). The molecule has 0 aliphatic carbocycles. The summed E-state index contributed by atoms with van der Waals surface area (Å²) in [6, 6.07) is 13.5. The number of benzene rings is 1. The van der Waals surface area contributed by atoms with Gasteiger partial charge in [0.2, 0.25) is 0 Å². The summed E-state index contributed by atoms with van der Waals surface area (Å²) in [4.78, 5) is 16.5. The van der Waals surface area contributed by atoms with Crippen LogP contribution in [0.2, 0.25) is 0 Å². The minimum Gasteiger partial charge on any atom is -0.352 e. The van der Waals surface area contributed by atoms with Crippen molar-refractivity contribution in [1.29, 1.82) is 0 Å². The van der Waals surface area contributed by atoms with Gasteiger partial charge in [0.05, 0.1) is 5.69 Å². The van der Waals surface area contributed by atoms with Crippen LogP contribution in [0.1, 0.15) is 11.3 Å². The second-order valence-electron chi connectivity index (χ2n) is 6.93. The van der Waals surface area contributed by atoms with Gasteiger partial charge in [-0.2, -0.15) is 5.10 Å². The summed E-state index contributed by atoms with van der Waals surface area (Å²) < 4.78 is 1.71. The number of carbonyl (C=O) groups excluding carboxylic acids is 1. The lowest BCUT2D eigenvalue weighted by Crippen LogP contribution is -2.50. The number of rotatable bonds is 3. The van der Waals surface area contributed by atoms with Gasteiger partial charge in [0, 0.05) is 38.1 Å². The second-order valence-corrected chi connectivity index (χ2v) is 6.93. The van der Waals surface area contributed by atoms with Crippen LogP contribution in [0.15, 0.2) is 48.7 Å². The van der Waals surface area contributed by atoms with E-state index in [-0.39, 0.29) is 6.03 Å². The zero-order chi connectivity index (χ0) is 19.5. The third-order valence-corrected chi connectivity index (χ3v) is 4.75. The topological polar surface area (TPSA) is 79.2 Å². The van der Waals surface area contributed by atoms with Crippen LogP contribution < -0.4 is 10.2 Å². The first-order valence-electron chi connectivity index (χ1n) is 9.32. The van der Waals surface area contributed by atoms with Crippen LogP contribution in [-0.2, 0) is 0 Å². The SMILES string of the molecule is Cc1cccc(NC(=O)N2CCN(c3ccc(-n4ccc(C)n4)nn3)CC2)c1. The third kappa shape index (κ3) is 3.95. The molecule has 2 aromatic heterocycles. The number of amides is 2. The van der Waals surface area contributed by atoms with Crippen LogP contribution in [0.25, 0.3) is 5.82 Å². The van der Waals surface area contributed by atoms with E-state index in [2.05, 4.69) is 25.5 Å². The van der Waals surface area contributed by atoms with E-state index >= 15 is 0 Å². The molecule has 1 N–H and O–H groups in total. The number of hydrogen-bond acceptors (Lipinski definition) is 5. The molecule has 1 aromatic carbocycles. The largest absolute Gasteiger partial charge is 0.352 e. The summed E-state index contributed by atoms with van der Waals surface area (Å²) in [5.41, 5.74) is 2.88. The summed E-state index contributed by atoms with van der Waals surface area (Å²) in [6.07, 6.45) is 1.87. The van der Waals surface area contributed by atoms with Crippen LogP contribution in [0, 0.1) is 13.8 Å². The van der Waals surface area contributed by atoms with Crippen molar-refractivity contribution in [2.24, 2.45) is 0 Å². The number of nitrogens with one attached hydrogen (secondary N) is 1. The van der Waals surface area contributed by atoms with Crippen molar-refractivity contribution in [3.8, 4) is 5.82 Å². The molecule has 0 saturated carbocycles. The Kier molecular flexibility index (Phi) is 4.92. The summed E-state index contributed by atoms with van der Waals surface area (Å²) in [6.45, 7) is 6.66. The molecule has 3 heterocycles. The van der Waals surface area contributed by atoms with Crippen molar-refractivity contribution in [3.63, 3.8) is 0 Å². The van der Waals surface area contributed by atoms with Gasteiger partial charge in [-0.1, -0.05) is 12.1 Å². The second kappa shape index (κ2) is 7.67. The molecule has 28 heavy (non-hydrogen) atoms. The fraction of sp³-hybridized carbons (Fsp3) is 0.300. The molecule has 2 amide bonds. The Hall–Kier alpha value is -3.42. The molecule has 0 spiro atoms. The number of piperazine rings is 1. The first-order valence-corrected chi connectivity index (χ1v) is 9.32. The van der Waals surface area contributed by atoms with Crippen LogP contribution in [-0.4, -0.2) is 57.1 Å². The quantitative estimate of drug-likeness (QED) is 0.759. The van der Waals surface area contributed by atoms with E-state index in [1.54, 1.807) is 4.68 Å². The van der Waals surface area contributed by atoms with Crippen LogP contribution in [0.4, 0.5) is 16.3 Å². The molecule has 1 fully saturated rings. The number of anilines is 2. The lowest BCUT2D eigenvalue weighted by Gasteiger charge is -2.35. The standard InChI is InChI=1S/C20H23N7O/c1-15-4-3-5-17(14-15)21-20(28)26-12-10-25(11-13-26)18-6-7-19(23-22-18)27-9-8-16(2)24-27/h3-9,14H,10-13H2,1-2H3,(H,21,28). The number of carbonyl (C=O) groups is 1.